The molecule has 20 heavy (non-hydrogen) atoms. The van der Waals surface area contributed by atoms with Crippen LogP contribution in [0.4, 0.5) is 0 Å². The fourth-order valence-electron chi connectivity index (χ4n) is 2.00. The van der Waals surface area contributed by atoms with Gasteiger partial charge in [-0.1, -0.05) is 36.5 Å². The van der Waals surface area contributed by atoms with E-state index in [0.717, 1.165) is 16.9 Å². The van der Waals surface area contributed by atoms with E-state index in [2.05, 4.69) is 0 Å². The van der Waals surface area contributed by atoms with E-state index in [4.69, 9.17) is 22.4 Å². The summed E-state index contributed by atoms with van der Waals surface area (Å²) in [6.07, 6.45) is 1.09. The quantitative estimate of drug-likeness (QED) is 0.798. The summed E-state index contributed by atoms with van der Waals surface area (Å²) in [5.74, 6) is 0.878. The minimum atomic E-state index is -0.560. The first kappa shape index (κ1) is 14.7. The molecule has 0 fully saturated rings. The highest BCUT2D eigenvalue weighted by molar-refractivity contribution is 7.80. The van der Waals surface area contributed by atoms with Crippen LogP contribution in [0.15, 0.2) is 47.1 Å². The topological polar surface area (TPSA) is 62.6 Å². The summed E-state index contributed by atoms with van der Waals surface area (Å²) >= 11 is 4.90. The third kappa shape index (κ3) is 3.90. The van der Waals surface area contributed by atoms with E-state index in [1.54, 1.807) is 6.26 Å². The zero-order valence-electron chi connectivity index (χ0n) is 11.3. The molecule has 3 N–H and O–H groups in total. The van der Waals surface area contributed by atoms with E-state index in [1.807, 2.05) is 48.3 Å². The molecule has 0 aliphatic rings. The smallest absolute Gasteiger partial charge is 0.117 e. The van der Waals surface area contributed by atoms with Gasteiger partial charge in [-0.3, -0.25) is 4.90 Å². The molecule has 1 aromatic heterocycles. The Morgan fingerprint density at radius 3 is 2.60 bits per heavy atom. The number of benzene rings is 1. The molecule has 0 spiro atoms. The second-order valence-electron chi connectivity index (χ2n) is 4.78. The first-order valence-electron chi connectivity index (χ1n) is 6.35. The standard InChI is InChI=1S/C15H18N2O2S/c1-17(9-13-3-2-8-19-13)10-14(18)11-4-6-12(7-5-11)15(16)20/h2-8,14,18H,9-10H2,1H3,(H2,16,20). The van der Waals surface area contributed by atoms with Crippen LogP contribution in [-0.2, 0) is 6.54 Å². The molecule has 5 heteroatoms. The van der Waals surface area contributed by atoms with E-state index in [-0.39, 0.29) is 0 Å². The number of furan rings is 1. The normalized spacial score (nSPS) is 12.6. The van der Waals surface area contributed by atoms with Crippen LogP contribution in [0, 0.1) is 0 Å². The van der Waals surface area contributed by atoms with Gasteiger partial charge in [0.2, 0.25) is 0 Å². The number of hydrogen-bond acceptors (Lipinski definition) is 4. The zero-order valence-corrected chi connectivity index (χ0v) is 12.1. The van der Waals surface area contributed by atoms with Crippen molar-refractivity contribution in [3.05, 3.63) is 59.5 Å². The lowest BCUT2D eigenvalue weighted by Gasteiger charge is -2.20. The van der Waals surface area contributed by atoms with Crippen LogP contribution >= 0.6 is 12.2 Å². The number of thiocarbonyl (C=S) groups is 1. The van der Waals surface area contributed by atoms with Crippen molar-refractivity contribution in [2.24, 2.45) is 5.73 Å². The van der Waals surface area contributed by atoms with Gasteiger partial charge in [0.25, 0.3) is 0 Å². The number of aliphatic hydroxyl groups is 1. The van der Waals surface area contributed by atoms with Gasteiger partial charge in [-0.25, -0.2) is 0 Å². The molecule has 0 aliphatic carbocycles. The molecule has 1 aromatic carbocycles. The van der Waals surface area contributed by atoms with Crippen molar-refractivity contribution in [2.75, 3.05) is 13.6 Å². The van der Waals surface area contributed by atoms with Crippen molar-refractivity contribution >= 4 is 17.2 Å². The van der Waals surface area contributed by atoms with Gasteiger partial charge >= 0.3 is 0 Å². The molecule has 0 amide bonds. The molecular formula is C15H18N2O2S. The average molecular weight is 290 g/mol. The second-order valence-corrected chi connectivity index (χ2v) is 5.22. The third-order valence-electron chi connectivity index (χ3n) is 3.07. The lowest BCUT2D eigenvalue weighted by molar-refractivity contribution is 0.120. The molecule has 1 unspecified atom stereocenters. The highest BCUT2D eigenvalue weighted by Gasteiger charge is 2.12. The van der Waals surface area contributed by atoms with Crippen LogP contribution < -0.4 is 5.73 Å². The maximum Gasteiger partial charge on any atom is 0.117 e. The summed E-state index contributed by atoms with van der Waals surface area (Å²) in [6.45, 7) is 1.18. The van der Waals surface area contributed by atoms with Crippen LogP contribution in [0.3, 0.4) is 0 Å². The molecule has 0 bridgehead atoms. The van der Waals surface area contributed by atoms with Gasteiger partial charge in [-0.05, 0) is 24.7 Å². The van der Waals surface area contributed by atoms with Crippen molar-refractivity contribution < 1.29 is 9.52 Å². The SMILES string of the molecule is CN(Cc1ccco1)CC(O)c1ccc(C(N)=S)cc1. The Bertz CT molecular complexity index is 552. The van der Waals surface area contributed by atoms with Crippen molar-refractivity contribution in [3.63, 3.8) is 0 Å². The fraction of sp³-hybridized carbons (Fsp3) is 0.267. The Kier molecular flexibility index (Phi) is 4.89. The Morgan fingerprint density at radius 2 is 2.05 bits per heavy atom. The van der Waals surface area contributed by atoms with E-state index in [1.165, 1.54) is 0 Å². The first-order chi connectivity index (χ1) is 9.56. The van der Waals surface area contributed by atoms with Crippen molar-refractivity contribution in [1.29, 1.82) is 0 Å². The van der Waals surface area contributed by atoms with Gasteiger partial charge < -0.3 is 15.3 Å². The van der Waals surface area contributed by atoms with Gasteiger partial charge in [-0.15, -0.1) is 0 Å². The number of nitrogens with zero attached hydrogens (tertiary/aromatic N) is 1. The van der Waals surface area contributed by atoms with Crippen LogP contribution in [0.1, 0.15) is 23.0 Å². The van der Waals surface area contributed by atoms with Gasteiger partial charge in [0.05, 0.1) is 18.9 Å². The molecule has 0 radical (unpaired) electrons. The molecule has 0 saturated carbocycles. The number of likely N-dealkylation sites (N-methyl/N-ethyl adjacent to an activating group) is 1. The number of rotatable bonds is 6. The largest absolute Gasteiger partial charge is 0.468 e. The summed E-state index contributed by atoms with van der Waals surface area (Å²) in [5, 5.41) is 10.2. The monoisotopic (exact) mass is 290 g/mol. The Balaban J connectivity index is 1.93. The van der Waals surface area contributed by atoms with Gasteiger partial charge in [0.1, 0.15) is 10.7 Å². The highest BCUT2D eigenvalue weighted by Crippen LogP contribution is 2.16. The summed E-state index contributed by atoms with van der Waals surface area (Å²) in [7, 11) is 1.94. The van der Waals surface area contributed by atoms with Crippen LogP contribution in [0.25, 0.3) is 0 Å². The maximum absolute atomic E-state index is 10.2. The van der Waals surface area contributed by atoms with Crippen LogP contribution in [0.5, 0.6) is 0 Å². The molecule has 1 atom stereocenters. The molecule has 2 aromatic rings. The molecule has 0 saturated heterocycles. The third-order valence-corrected chi connectivity index (χ3v) is 3.31. The number of aliphatic hydroxyl groups excluding tert-OH is 1. The van der Waals surface area contributed by atoms with E-state index in [9.17, 15) is 5.11 Å². The summed E-state index contributed by atoms with van der Waals surface area (Å²) in [4.78, 5) is 2.37. The second kappa shape index (κ2) is 6.65. The van der Waals surface area contributed by atoms with E-state index >= 15 is 0 Å². The Morgan fingerprint density at radius 1 is 1.35 bits per heavy atom. The van der Waals surface area contributed by atoms with Crippen molar-refractivity contribution in [3.8, 4) is 0 Å². The Labute approximate surface area is 123 Å². The lowest BCUT2D eigenvalue weighted by atomic mass is 10.1. The molecule has 2 rings (SSSR count). The molecular weight excluding hydrogens is 272 g/mol. The van der Waals surface area contributed by atoms with Crippen LogP contribution in [0.2, 0.25) is 0 Å². The van der Waals surface area contributed by atoms with Crippen molar-refractivity contribution in [1.82, 2.24) is 4.90 Å². The van der Waals surface area contributed by atoms with Gasteiger partial charge in [0.15, 0.2) is 0 Å². The minimum absolute atomic E-state index is 0.362. The predicted molar refractivity (Wildman–Crippen MR) is 82.3 cm³/mol. The summed E-state index contributed by atoms with van der Waals surface area (Å²) in [5.41, 5.74) is 7.20. The van der Waals surface area contributed by atoms with Crippen molar-refractivity contribution in [2.45, 2.75) is 12.6 Å². The molecule has 106 valence electrons. The fourth-order valence-corrected chi connectivity index (χ4v) is 2.14. The first-order valence-corrected chi connectivity index (χ1v) is 6.76. The van der Waals surface area contributed by atoms with Crippen LogP contribution in [-0.4, -0.2) is 28.6 Å². The average Bonchev–Trinajstić information content (AvgIpc) is 2.91. The summed E-state index contributed by atoms with van der Waals surface area (Å²) in [6, 6.07) is 11.1. The number of hydrogen-bond donors (Lipinski definition) is 2. The molecule has 1 heterocycles. The maximum atomic E-state index is 10.2. The van der Waals surface area contributed by atoms with E-state index < -0.39 is 6.10 Å². The highest BCUT2D eigenvalue weighted by atomic mass is 32.1. The Hall–Kier alpha value is -1.69. The predicted octanol–water partition coefficient (Wildman–Crippen LogP) is 2.08. The van der Waals surface area contributed by atoms with E-state index in [0.29, 0.717) is 18.1 Å². The van der Waals surface area contributed by atoms with Gasteiger partial charge in [0, 0.05) is 12.1 Å². The zero-order chi connectivity index (χ0) is 14.5. The van der Waals surface area contributed by atoms with Gasteiger partial charge in [-0.2, -0.15) is 0 Å². The number of nitrogens with two attached hydrogens (primary N) is 1. The lowest BCUT2D eigenvalue weighted by Crippen LogP contribution is -2.24. The molecule has 4 nitrogen and oxygen atoms in total. The minimum Gasteiger partial charge on any atom is -0.468 e. The molecule has 0 aliphatic heterocycles. The summed E-state index contributed by atoms with van der Waals surface area (Å²) < 4.78 is 5.28.